The molecule has 0 heterocycles. The fourth-order valence-electron chi connectivity index (χ4n) is 3.49. The fourth-order valence-corrected chi connectivity index (χ4v) is 5.33. The van der Waals surface area contributed by atoms with Crippen LogP contribution in [0.4, 0.5) is 0 Å². The van der Waals surface area contributed by atoms with Crippen LogP contribution >= 0.6 is 0 Å². The maximum absolute atomic E-state index is 13.7. The van der Waals surface area contributed by atoms with Crippen LogP contribution in [0.25, 0.3) is 6.08 Å². The van der Waals surface area contributed by atoms with Crippen molar-refractivity contribution in [1.29, 1.82) is 0 Å². The normalized spacial score (nSPS) is 13.3. The Morgan fingerprint density at radius 3 is 1.88 bits per heavy atom. The second kappa shape index (κ2) is 10.9. The highest BCUT2D eigenvalue weighted by Gasteiger charge is 2.30. The molecule has 0 aliphatic heterocycles. The Hall–Kier alpha value is -2.44. The van der Waals surface area contributed by atoms with E-state index >= 15 is 0 Å². The third-order valence-electron chi connectivity index (χ3n) is 5.37. The van der Waals surface area contributed by atoms with Crippen LogP contribution in [0.5, 0.6) is 0 Å². The smallest absolute Gasteiger partial charge is 0.327 e. The molecular formula is C26H35NO4S. The molecular weight excluding hydrogens is 422 g/mol. The molecule has 0 amide bonds. The van der Waals surface area contributed by atoms with Gasteiger partial charge in [-0.05, 0) is 40.0 Å². The van der Waals surface area contributed by atoms with Gasteiger partial charge in [-0.2, -0.15) is 4.72 Å². The SMILES string of the molecule is COC(=O)C(C=Cc1ccccc1)NS(=O)(=O)c1c(C(C)C)cc(C(C)C)cc1C(C)C. The summed E-state index contributed by atoms with van der Waals surface area (Å²) in [5, 5.41) is 0. The number of sulfonamides is 1. The Bertz CT molecular complexity index is 1030. The molecule has 0 radical (unpaired) electrons. The van der Waals surface area contributed by atoms with Gasteiger partial charge in [-0.1, -0.05) is 96.2 Å². The third kappa shape index (κ3) is 6.30. The first kappa shape index (κ1) is 25.8. The minimum absolute atomic E-state index is 0.00536. The molecule has 1 atom stereocenters. The van der Waals surface area contributed by atoms with Crippen molar-refractivity contribution in [2.75, 3.05) is 7.11 Å². The van der Waals surface area contributed by atoms with E-state index in [1.165, 1.54) is 13.2 Å². The summed E-state index contributed by atoms with van der Waals surface area (Å²) in [4.78, 5) is 12.7. The number of rotatable bonds is 9. The minimum atomic E-state index is -4.01. The quantitative estimate of drug-likeness (QED) is 0.498. The van der Waals surface area contributed by atoms with E-state index in [2.05, 4.69) is 18.6 Å². The lowest BCUT2D eigenvalue weighted by atomic mass is 9.89. The molecule has 2 rings (SSSR count). The van der Waals surface area contributed by atoms with Gasteiger partial charge in [-0.15, -0.1) is 0 Å². The number of nitrogens with one attached hydrogen (secondary N) is 1. The van der Waals surface area contributed by atoms with Gasteiger partial charge in [0.05, 0.1) is 12.0 Å². The Labute approximate surface area is 192 Å². The minimum Gasteiger partial charge on any atom is -0.468 e. The molecule has 32 heavy (non-hydrogen) atoms. The molecule has 0 aromatic heterocycles. The Morgan fingerprint density at radius 1 is 0.906 bits per heavy atom. The van der Waals surface area contributed by atoms with Crippen LogP contribution in [-0.2, 0) is 19.6 Å². The summed E-state index contributed by atoms with van der Waals surface area (Å²) in [5.41, 5.74) is 3.46. The van der Waals surface area contributed by atoms with Gasteiger partial charge in [0.25, 0.3) is 0 Å². The van der Waals surface area contributed by atoms with Gasteiger partial charge in [0.2, 0.25) is 10.0 Å². The predicted molar refractivity (Wildman–Crippen MR) is 130 cm³/mol. The Morgan fingerprint density at radius 2 is 1.44 bits per heavy atom. The van der Waals surface area contributed by atoms with Crippen molar-refractivity contribution >= 4 is 22.1 Å². The highest BCUT2D eigenvalue weighted by molar-refractivity contribution is 7.89. The van der Waals surface area contributed by atoms with Crippen molar-refractivity contribution < 1.29 is 17.9 Å². The summed E-state index contributed by atoms with van der Waals surface area (Å²) < 4.78 is 34.8. The lowest BCUT2D eigenvalue weighted by Crippen LogP contribution is -2.40. The third-order valence-corrected chi connectivity index (χ3v) is 6.94. The number of hydrogen-bond acceptors (Lipinski definition) is 4. The zero-order valence-electron chi connectivity index (χ0n) is 20.0. The van der Waals surface area contributed by atoms with Gasteiger partial charge < -0.3 is 4.74 Å². The fraction of sp³-hybridized carbons (Fsp3) is 0.423. The molecule has 0 aliphatic rings. The topological polar surface area (TPSA) is 72.5 Å². The van der Waals surface area contributed by atoms with Crippen molar-refractivity contribution in [3.63, 3.8) is 0 Å². The second-order valence-corrected chi connectivity index (χ2v) is 10.5. The summed E-state index contributed by atoms with van der Waals surface area (Å²) in [6.45, 7) is 12.1. The number of ether oxygens (including phenoxy) is 1. The van der Waals surface area contributed by atoms with Crippen molar-refractivity contribution in [3.8, 4) is 0 Å². The van der Waals surface area contributed by atoms with Crippen molar-refractivity contribution in [1.82, 2.24) is 4.72 Å². The first-order chi connectivity index (χ1) is 15.0. The highest BCUT2D eigenvalue weighted by Crippen LogP contribution is 2.35. The van der Waals surface area contributed by atoms with Crippen LogP contribution in [0.15, 0.2) is 53.4 Å². The monoisotopic (exact) mass is 457 g/mol. The van der Waals surface area contributed by atoms with E-state index in [9.17, 15) is 13.2 Å². The maximum Gasteiger partial charge on any atom is 0.327 e. The van der Waals surface area contributed by atoms with E-state index in [1.54, 1.807) is 6.08 Å². The summed E-state index contributed by atoms with van der Waals surface area (Å²) in [5.74, 6) is -0.411. The van der Waals surface area contributed by atoms with E-state index in [1.807, 2.05) is 70.2 Å². The lowest BCUT2D eigenvalue weighted by Gasteiger charge is -2.24. The number of hydrogen-bond donors (Lipinski definition) is 1. The molecule has 1 unspecified atom stereocenters. The standard InChI is InChI=1S/C26H35NO4S/c1-17(2)21-15-22(18(3)4)25(23(16-21)19(5)6)32(29,30)27-24(26(28)31-7)14-13-20-11-9-8-10-12-20/h8-19,24,27H,1-7H3. The summed E-state index contributed by atoms with van der Waals surface area (Å²) in [6, 6.07) is 12.2. The maximum atomic E-state index is 13.7. The molecule has 174 valence electrons. The number of methoxy groups -OCH3 is 1. The molecule has 1 N–H and O–H groups in total. The van der Waals surface area contributed by atoms with Crippen LogP contribution in [-0.4, -0.2) is 27.5 Å². The lowest BCUT2D eigenvalue weighted by molar-refractivity contribution is -0.141. The Balaban J connectivity index is 2.58. The number of esters is 1. The molecule has 2 aromatic carbocycles. The largest absolute Gasteiger partial charge is 0.468 e. The van der Waals surface area contributed by atoms with Crippen LogP contribution in [0.2, 0.25) is 0 Å². The molecule has 0 aliphatic carbocycles. The molecule has 0 saturated carbocycles. The zero-order chi connectivity index (χ0) is 24.1. The first-order valence-electron chi connectivity index (χ1n) is 11.0. The number of carbonyl (C=O) groups is 1. The van der Waals surface area contributed by atoms with E-state index < -0.39 is 22.0 Å². The van der Waals surface area contributed by atoms with E-state index in [-0.39, 0.29) is 22.6 Å². The second-order valence-electron chi connectivity index (χ2n) is 8.88. The Kier molecular flexibility index (Phi) is 8.81. The van der Waals surface area contributed by atoms with Crippen LogP contribution < -0.4 is 4.72 Å². The van der Waals surface area contributed by atoms with E-state index in [4.69, 9.17) is 4.74 Å². The molecule has 6 heteroatoms. The van der Waals surface area contributed by atoms with Gasteiger partial charge in [0.1, 0.15) is 6.04 Å². The molecule has 0 spiro atoms. The van der Waals surface area contributed by atoms with Gasteiger partial charge in [0, 0.05) is 0 Å². The predicted octanol–water partition coefficient (Wildman–Crippen LogP) is 5.59. The first-order valence-corrected chi connectivity index (χ1v) is 12.5. The average molecular weight is 458 g/mol. The van der Waals surface area contributed by atoms with E-state index in [0.29, 0.717) is 0 Å². The zero-order valence-corrected chi connectivity index (χ0v) is 20.9. The molecule has 5 nitrogen and oxygen atoms in total. The molecule has 0 fully saturated rings. The van der Waals surface area contributed by atoms with Gasteiger partial charge >= 0.3 is 5.97 Å². The van der Waals surface area contributed by atoms with Gasteiger partial charge in [-0.25, -0.2) is 13.2 Å². The number of benzene rings is 2. The average Bonchev–Trinajstić information content (AvgIpc) is 2.75. The van der Waals surface area contributed by atoms with Crippen LogP contribution in [0, 0.1) is 0 Å². The van der Waals surface area contributed by atoms with Gasteiger partial charge in [-0.3, -0.25) is 0 Å². The number of carbonyl (C=O) groups excluding carboxylic acids is 1. The van der Waals surface area contributed by atoms with Crippen LogP contribution in [0.3, 0.4) is 0 Å². The van der Waals surface area contributed by atoms with Crippen molar-refractivity contribution in [2.45, 2.75) is 70.2 Å². The highest BCUT2D eigenvalue weighted by atomic mass is 32.2. The molecule has 0 bridgehead atoms. The van der Waals surface area contributed by atoms with E-state index in [0.717, 1.165) is 22.3 Å². The molecule has 2 aromatic rings. The van der Waals surface area contributed by atoms with Crippen molar-refractivity contribution in [3.05, 3.63) is 70.8 Å². The summed E-state index contributed by atoms with van der Waals surface area (Å²) in [6.07, 6.45) is 3.23. The van der Waals surface area contributed by atoms with Crippen LogP contribution in [0.1, 0.15) is 81.5 Å². The molecule has 0 saturated heterocycles. The summed E-state index contributed by atoms with van der Waals surface area (Å²) >= 11 is 0. The van der Waals surface area contributed by atoms with Gasteiger partial charge in [0.15, 0.2) is 0 Å². The summed E-state index contributed by atoms with van der Waals surface area (Å²) in [7, 11) is -2.77. The van der Waals surface area contributed by atoms with Crippen molar-refractivity contribution in [2.24, 2.45) is 0 Å².